The minimum atomic E-state index is 0.546. The van der Waals surface area contributed by atoms with Gasteiger partial charge in [0.2, 0.25) is 0 Å². The number of piperidine rings is 1. The average Bonchev–Trinajstić information content (AvgIpc) is 2.90. The van der Waals surface area contributed by atoms with Crippen LogP contribution in [0.15, 0.2) is 24.5 Å². The van der Waals surface area contributed by atoms with Gasteiger partial charge in [-0.3, -0.25) is 4.79 Å². The highest BCUT2D eigenvalue weighted by Gasteiger charge is 2.23. The summed E-state index contributed by atoms with van der Waals surface area (Å²) in [6.45, 7) is 6.81. The zero-order valence-corrected chi connectivity index (χ0v) is 12.1. The lowest BCUT2D eigenvalue weighted by molar-refractivity contribution is 0.112. The number of likely N-dealkylation sites (tertiary alicyclic amines) is 1. The second-order valence-electron chi connectivity index (χ2n) is 5.91. The van der Waals surface area contributed by atoms with Crippen LogP contribution in [-0.2, 0) is 0 Å². The fourth-order valence-corrected chi connectivity index (χ4v) is 3.00. The molecule has 3 heterocycles. The number of rotatable bonds is 3. The molecule has 2 aromatic rings. The Kier molecular flexibility index (Phi) is 3.57. The van der Waals surface area contributed by atoms with Crippen LogP contribution < -0.4 is 0 Å². The van der Waals surface area contributed by atoms with E-state index in [1.165, 1.54) is 12.8 Å². The molecule has 2 aromatic heterocycles. The summed E-state index contributed by atoms with van der Waals surface area (Å²) in [7, 11) is 0. The Bertz CT molecular complexity index is 609. The van der Waals surface area contributed by atoms with Crippen molar-refractivity contribution in [3.63, 3.8) is 0 Å². The second-order valence-corrected chi connectivity index (χ2v) is 5.91. The number of aromatic nitrogens is 2. The number of hydrogen-bond acceptors (Lipinski definition) is 3. The van der Waals surface area contributed by atoms with E-state index in [9.17, 15) is 4.79 Å². The van der Waals surface area contributed by atoms with E-state index in [0.717, 1.165) is 30.7 Å². The van der Waals surface area contributed by atoms with Crippen molar-refractivity contribution in [3.8, 4) is 0 Å². The Balaban J connectivity index is 1.79. The maximum atomic E-state index is 10.8. The van der Waals surface area contributed by atoms with Crippen molar-refractivity contribution in [1.29, 1.82) is 0 Å². The molecule has 1 aliphatic rings. The molecule has 0 spiro atoms. The van der Waals surface area contributed by atoms with Gasteiger partial charge in [0.1, 0.15) is 11.9 Å². The van der Waals surface area contributed by atoms with Crippen LogP contribution in [0.4, 0.5) is 0 Å². The summed E-state index contributed by atoms with van der Waals surface area (Å²) in [5.41, 5.74) is 2.72. The Morgan fingerprint density at radius 1 is 1.35 bits per heavy atom. The largest absolute Gasteiger partial charge is 0.307 e. The molecular formula is C16H21N3O. The van der Waals surface area contributed by atoms with Gasteiger partial charge in [0.25, 0.3) is 0 Å². The summed E-state index contributed by atoms with van der Waals surface area (Å²) in [4.78, 5) is 18.0. The molecule has 1 saturated heterocycles. The highest BCUT2D eigenvalue weighted by molar-refractivity contribution is 5.76. The average molecular weight is 271 g/mol. The summed E-state index contributed by atoms with van der Waals surface area (Å²) < 4.78 is 2.01. The number of carbonyl (C=O) groups is 1. The molecule has 4 heteroatoms. The number of aldehydes is 1. The quantitative estimate of drug-likeness (QED) is 0.806. The monoisotopic (exact) mass is 271 g/mol. The van der Waals surface area contributed by atoms with E-state index < -0.39 is 0 Å². The lowest BCUT2D eigenvalue weighted by Gasteiger charge is -2.33. The number of fused-ring (bicyclic) bond motifs is 1. The Morgan fingerprint density at radius 3 is 2.75 bits per heavy atom. The van der Waals surface area contributed by atoms with Gasteiger partial charge in [-0.1, -0.05) is 0 Å². The molecule has 20 heavy (non-hydrogen) atoms. The van der Waals surface area contributed by atoms with Gasteiger partial charge in [0, 0.05) is 29.9 Å². The summed E-state index contributed by atoms with van der Waals surface area (Å²) in [5, 5.41) is 0. The SMILES string of the molecule is CC(C)N1CCC(c2cn3ccc(C=O)cc3n2)CC1. The second kappa shape index (κ2) is 5.37. The molecule has 0 aliphatic carbocycles. The number of imidazole rings is 1. The molecular weight excluding hydrogens is 250 g/mol. The Hall–Kier alpha value is -1.68. The van der Waals surface area contributed by atoms with Gasteiger partial charge in [-0.05, 0) is 51.9 Å². The van der Waals surface area contributed by atoms with Crippen molar-refractivity contribution < 1.29 is 4.79 Å². The van der Waals surface area contributed by atoms with Crippen LogP contribution in [0.1, 0.15) is 48.7 Å². The fourth-order valence-electron chi connectivity index (χ4n) is 3.00. The van der Waals surface area contributed by atoms with Crippen LogP contribution in [0.3, 0.4) is 0 Å². The third-order valence-corrected chi connectivity index (χ3v) is 4.32. The van der Waals surface area contributed by atoms with Gasteiger partial charge in [0.15, 0.2) is 0 Å². The summed E-state index contributed by atoms with van der Waals surface area (Å²) in [5.74, 6) is 0.546. The van der Waals surface area contributed by atoms with E-state index in [1.54, 1.807) is 0 Å². The van der Waals surface area contributed by atoms with Crippen LogP contribution >= 0.6 is 0 Å². The normalized spacial score (nSPS) is 17.9. The van der Waals surface area contributed by atoms with E-state index in [1.807, 2.05) is 22.7 Å². The van der Waals surface area contributed by atoms with Crippen LogP contribution in [0.5, 0.6) is 0 Å². The first-order valence-electron chi connectivity index (χ1n) is 7.35. The molecule has 0 unspecified atom stereocenters. The van der Waals surface area contributed by atoms with Gasteiger partial charge < -0.3 is 9.30 Å². The lowest BCUT2D eigenvalue weighted by Crippen LogP contribution is -2.37. The smallest absolute Gasteiger partial charge is 0.150 e. The van der Waals surface area contributed by atoms with Crippen molar-refractivity contribution in [2.24, 2.45) is 0 Å². The summed E-state index contributed by atoms with van der Waals surface area (Å²) in [6, 6.07) is 4.30. The summed E-state index contributed by atoms with van der Waals surface area (Å²) >= 11 is 0. The van der Waals surface area contributed by atoms with E-state index in [4.69, 9.17) is 4.98 Å². The van der Waals surface area contributed by atoms with Gasteiger partial charge in [0.05, 0.1) is 5.69 Å². The first-order valence-corrected chi connectivity index (χ1v) is 7.35. The van der Waals surface area contributed by atoms with Crippen molar-refractivity contribution in [2.45, 2.75) is 38.6 Å². The number of carbonyl (C=O) groups excluding carboxylic acids is 1. The topological polar surface area (TPSA) is 37.6 Å². The molecule has 0 aromatic carbocycles. The van der Waals surface area contributed by atoms with Crippen molar-refractivity contribution in [1.82, 2.24) is 14.3 Å². The van der Waals surface area contributed by atoms with Crippen molar-refractivity contribution in [3.05, 3.63) is 35.8 Å². The first-order chi connectivity index (χ1) is 9.67. The first kappa shape index (κ1) is 13.3. The molecule has 0 N–H and O–H groups in total. The Labute approximate surface area is 119 Å². The zero-order valence-electron chi connectivity index (χ0n) is 12.1. The lowest BCUT2D eigenvalue weighted by atomic mass is 9.93. The van der Waals surface area contributed by atoms with Crippen LogP contribution in [0, 0.1) is 0 Å². The zero-order chi connectivity index (χ0) is 14.1. The molecule has 1 aliphatic heterocycles. The summed E-state index contributed by atoms with van der Waals surface area (Å²) in [6.07, 6.45) is 7.24. The molecule has 3 rings (SSSR count). The van der Waals surface area contributed by atoms with Crippen molar-refractivity contribution >= 4 is 11.9 Å². The van der Waals surface area contributed by atoms with Gasteiger partial charge in [-0.15, -0.1) is 0 Å². The maximum absolute atomic E-state index is 10.8. The number of pyridine rings is 1. The van der Waals surface area contributed by atoms with E-state index >= 15 is 0 Å². The van der Waals surface area contributed by atoms with E-state index in [-0.39, 0.29) is 0 Å². The Morgan fingerprint density at radius 2 is 2.10 bits per heavy atom. The van der Waals surface area contributed by atoms with Gasteiger partial charge >= 0.3 is 0 Å². The number of hydrogen-bond donors (Lipinski definition) is 0. The molecule has 0 atom stereocenters. The van der Waals surface area contributed by atoms with Crippen LogP contribution in [0.25, 0.3) is 5.65 Å². The standard InChI is InChI=1S/C16H21N3O/c1-12(2)18-7-4-14(5-8-18)15-10-19-6-3-13(11-20)9-16(19)17-15/h3,6,9-12,14H,4-5,7-8H2,1-2H3. The van der Waals surface area contributed by atoms with Gasteiger partial charge in [-0.25, -0.2) is 4.98 Å². The third-order valence-electron chi connectivity index (χ3n) is 4.32. The number of nitrogens with zero attached hydrogens (tertiary/aromatic N) is 3. The molecule has 0 saturated carbocycles. The van der Waals surface area contributed by atoms with E-state index in [2.05, 4.69) is 24.9 Å². The molecule has 4 nitrogen and oxygen atoms in total. The van der Waals surface area contributed by atoms with Crippen molar-refractivity contribution in [2.75, 3.05) is 13.1 Å². The third kappa shape index (κ3) is 2.48. The molecule has 0 amide bonds. The highest BCUT2D eigenvalue weighted by Crippen LogP contribution is 2.28. The minimum Gasteiger partial charge on any atom is -0.307 e. The molecule has 0 radical (unpaired) electrons. The predicted octanol–water partition coefficient (Wildman–Crippen LogP) is 2.73. The minimum absolute atomic E-state index is 0.546. The molecule has 1 fully saturated rings. The predicted molar refractivity (Wildman–Crippen MR) is 79.3 cm³/mol. The molecule has 0 bridgehead atoms. The highest BCUT2D eigenvalue weighted by atomic mass is 16.1. The van der Waals surface area contributed by atoms with Gasteiger partial charge in [-0.2, -0.15) is 0 Å². The van der Waals surface area contributed by atoms with Crippen LogP contribution in [0.2, 0.25) is 0 Å². The van der Waals surface area contributed by atoms with E-state index in [0.29, 0.717) is 17.5 Å². The van der Waals surface area contributed by atoms with Crippen LogP contribution in [-0.4, -0.2) is 39.7 Å². The maximum Gasteiger partial charge on any atom is 0.150 e. The molecule has 106 valence electrons. The fraction of sp³-hybridized carbons (Fsp3) is 0.500.